The van der Waals surface area contributed by atoms with Crippen molar-refractivity contribution in [3.05, 3.63) is 35.7 Å². The minimum absolute atomic E-state index is 0.132. The molecule has 2 rings (SSSR count). The Morgan fingerprint density at radius 1 is 1.19 bits per heavy atom. The van der Waals surface area contributed by atoms with E-state index in [-0.39, 0.29) is 5.89 Å². The van der Waals surface area contributed by atoms with Crippen LogP contribution in [0.4, 0.5) is 0 Å². The van der Waals surface area contributed by atoms with Gasteiger partial charge in [-0.3, -0.25) is 0 Å². The lowest BCUT2D eigenvalue weighted by Crippen LogP contribution is -1.83. The molecule has 0 saturated heterocycles. The van der Waals surface area contributed by atoms with E-state index in [4.69, 9.17) is 4.42 Å². The van der Waals surface area contributed by atoms with Gasteiger partial charge in [-0.05, 0) is 24.1 Å². The Labute approximate surface area is 93.9 Å². The van der Waals surface area contributed by atoms with E-state index in [0.717, 1.165) is 18.4 Å². The molecule has 0 saturated carbocycles. The van der Waals surface area contributed by atoms with Gasteiger partial charge in [-0.15, -0.1) is 10.2 Å². The van der Waals surface area contributed by atoms with Crippen molar-refractivity contribution in [1.29, 1.82) is 0 Å². The van der Waals surface area contributed by atoms with Gasteiger partial charge in [0.15, 0.2) is 6.61 Å². The first-order valence-corrected chi connectivity index (χ1v) is 5.33. The summed E-state index contributed by atoms with van der Waals surface area (Å²) in [5.74, 6) is 0.543. The molecule has 16 heavy (non-hydrogen) atoms. The van der Waals surface area contributed by atoms with Crippen LogP contribution >= 0.6 is 0 Å². The monoisotopic (exact) mass is 217 g/mol. The summed E-state index contributed by atoms with van der Waals surface area (Å²) in [4.78, 5) is 0. The summed E-state index contributed by atoms with van der Waals surface area (Å²) in [6.45, 7) is 1.67. The molecule has 0 spiro atoms. The predicted molar refractivity (Wildman–Crippen MR) is 58.1 cm³/mol. The molecule has 0 aliphatic carbocycles. The molecule has 1 heterocycles. The summed E-state index contributed by atoms with van der Waals surface area (Å²) in [5, 5.41) is 18.0. The minimum Gasteiger partial charge on any atom is -0.418 e. The van der Waals surface area contributed by atoms with Crippen LogP contribution in [0.3, 0.4) is 0 Å². The lowest BCUT2D eigenvalue weighted by atomic mass is 10.1. The van der Waals surface area contributed by atoms with Gasteiger partial charge in [0.1, 0.15) is 0 Å². The number of hydrogen-bond donors (Lipinski definition) is 0. The van der Waals surface area contributed by atoms with Gasteiger partial charge in [0.2, 0.25) is 11.8 Å². The van der Waals surface area contributed by atoms with E-state index in [1.165, 1.54) is 5.56 Å². The average Bonchev–Trinajstić information content (AvgIpc) is 2.79. The van der Waals surface area contributed by atoms with Crippen LogP contribution in [0.2, 0.25) is 0 Å². The second-order valence-electron chi connectivity index (χ2n) is 3.59. The second kappa shape index (κ2) is 4.90. The van der Waals surface area contributed by atoms with Crippen molar-refractivity contribution < 1.29 is 9.52 Å². The Morgan fingerprint density at radius 2 is 1.94 bits per heavy atom. The SMILES string of the molecule is CCCc1ccc(-c2nnc(C[O])o2)cc1. The van der Waals surface area contributed by atoms with Crippen molar-refractivity contribution in [2.45, 2.75) is 26.4 Å². The van der Waals surface area contributed by atoms with E-state index in [2.05, 4.69) is 17.1 Å². The van der Waals surface area contributed by atoms with Crippen molar-refractivity contribution in [3.63, 3.8) is 0 Å². The summed E-state index contributed by atoms with van der Waals surface area (Å²) in [7, 11) is 0. The fraction of sp³-hybridized carbons (Fsp3) is 0.333. The van der Waals surface area contributed by atoms with Gasteiger partial charge in [-0.1, -0.05) is 25.5 Å². The van der Waals surface area contributed by atoms with Gasteiger partial charge in [-0.25, -0.2) is 5.11 Å². The second-order valence-corrected chi connectivity index (χ2v) is 3.59. The lowest BCUT2D eigenvalue weighted by Gasteiger charge is -1.99. The normalized spacial score (nSPS) is 10.6. The predicted octanol–water partition coefficient (Wildman–Crippen LogP) is 2.62. The topological polar surface area (TPSA) is 58.8 Å². The zero-order valence-electron chi connectivity index (χ0n) is 9.14. The molecule has 83 valence electrons. The van der Waals surface area contributed by atoms with E-state index >= 15 is 0 Å². The van der Waals surface area contributed by atoms with Gasteiger partial charge >= 0.3 is 0 Å². The summed E-state index contributed by atoms with van der Waals surface area (Å²) in [6, 6.07) is 7.96. The molecular weight excluding hydrogens is 204 g/mol. The summed E-state index contributed by atoms with van der Waals surface area (Å²) >= 11 is 0. The number of aromatic nitrogens is 2. The van der Waals surface area contributed by atoms with Crippen LogP contribution in [-0.4, -0.2) is 10.2 Å². The molecule has 0 fully saturated rings. The third-order valence-electron chi connectivity index (χ3n) is 2.33. The average molecular weight is 217 g/mol. The maximum Gasteiger partial charge on any atom is 0.247 e. The quantitative estimate of drug-likeness (QED) is 0.790. The Kier molecular flexibility index (Phi) is 3.31. The largest absolute Gasteiger partial charge is 0.418 e. The zero-order valence-corrected chi connectivity index (χ0v) is 9.14. The van der Waals surface area contributed by atoms with Crippen LogP contribution in [0.1, 0.15) is 24.8 Å². The molecule has 1 aromatic carbocycles. The first kappa shape index (κ1) is 10.8. The Morgan fingerprint density at radius 3 is 2.50 bits per heavy atom. The molecule has 0 bridgehead atoms. The molecule has 1 radical (unpaired) electrons. The molecule has 0 aliphatic heterocycles. The molecule has 0 N–H and O–H groups in total. The fourth-order valence-corrected chi connectivity index (χ4v) is 1.53. The van der Waals surface area contributed by atoms with E-state index in [1.54, 1.807) is 0 Å². The van der Waals surface area contributed by atoms with E-state index in [9.17, 15) is 5.11 Å². The molecule has 2 aromatic rings. The number of hydrogen-bond acceptors (Lipinski definition) is 3. The van der Waals surface area contributed by atoms with Gasteiger partial charge in [0, 0.05) is 5.56 Å². The number of benzene rings is 1. The fourth-order valence-electron chi connectivity index (χ4n) is 1.53. The first-order valence-electron chi connectivity index (χ1n) is 5.33. The van der Waals surface area contributed by atoms with Crippen molar-refractivity contribution in [2.75, 3.05) is 0 Å². The molecule has 0 amide bonds. The van der Waals surface area contributed by atoms with Crippen LogP contribution in [0, 0.1) is 0 Å². The van der Waals surface area contributed by atoms with Crippen LogP contribution in [0.15, 0.2) is 28.7 Å². The highest BCUT2D eigenvalue weighted by atomic mass is 16.4. The van der Waals surface area contributed by atoms with Gasteiger partial charge in [-0.2, -0.15) is 0 Å². The third kappa shape index (κ3) is 2.28. The molecule has 0 atom stereocenters. The first-order chi connectivity index (χ1) is 7.83. The van der Waals surface area contributed by atoms with Crippen LogP contribution in [0.25, 0.3) is 11.5 Å². The zero-order chi connectivity index (χ0) is 11.4. The highest BCUT2D eigenvalue weighted by Crippen LogP contribution is 2.18. The maximum absolute atomic E-state index is 10.5. The summed E-state index contributed by atoms with van der Waals surface area (Å²) < 4.78 is 5.18. The van der Waals surface area contributed by atoms with E-state index in [1.807, 2.05) is 24.3 Å². The Bertz CT molecular complexity index is 448. The molecule has 4 heteroatoms. The van der Waals surface area contributed by atoms with E-state index < -0.39 is 6.61 Å². The Hall–Kier alpha value is -1.68. The van der Waals surface area contributed by atoms with Gasteiger partial charge < -0.3 is 4.42 Å². The summed E-state index contributed by atoms with van der Waals surface area (Å²) in [6.07, 6.45) is 2.19. The lowest BCUT2D eigenvalue weighted by molar-refractivity contribution is 0.151. The smallest absolute Gasteiger partial charge is 0.247 e. The van der Waals surface area contributed by atoms with E-state index in [0.29, 0.717) is 5.89 Å². The van der Waals surface area contributed by atoms with Gasteiger partial charge in [0.05, 0.1) is 0 Å². The van der Waals surface area contributed by atoms with Crippen molar-refractivity contribution in [3.8, 4) is 11.5 Å². The standard InChI is InChI=1S/C12H13N2O2/c1-2-3-9-4-6-10(7-5-9)12-14-13-11(8-15)16-12/h4-7H,2-3,8H2,1H3. The van der Waals surface area contributed by atoms with Crippen molar-refractivity contribution >= 4 is 0 Å². The molecular formula is C12H13N2O2. The Balaban J connectivity index is 2.20. The molecule has 1 aromatic heterocycles. The number of nitrogens with zero attached hydrogens (tertiary/aromatic N) is 2. The van der Waals surface area contributed by atoms with Crippen LogP contribution in [0.5, 0.6) is 0 Å². The van der Waals surface area contributed by atoms with Crippen molar-refractivity contribution in [1.82, 2.24) is 10.2 Å². The van der Waals surface area contributed by atoms with Gasteiger partial charge in [0.25, 0.3) is 0 Å². The highest BCUT2D eigenvalue weighted by molar-refractivity contribution is 5.52. The molecule has 0 unspecified atom stereocenters. The maximum atomic E-state index is 10.5. The number of rotatable bonds is 4. The highest BCUT2D eigenvalue weighted by Gasteiger charge is 2.07. The minimum atomic E-state index is -0.471. The number of aryl methyl sites for hydroxylation is 1. The molecule has 4 nitrogen and oxygen atoms in total. The van der Waals surface area contributed by atoms with Crippen LogP contribution < -0.4 is 0 Å². The third-order valence-corrected chi connectivity index (χ3v) is 2.33. The van der Waals surface area contributed by atoms with Crippen LogP contribution in [-0.2, 0) is 18.1 Å². The summed E-state index contributed by atoms with van der Waals surface area (Å²) in [5.41, 5.74) is 2.14. The van der Waals surface area contributed by atoms with Crippen molar-refractivity contribution in [2.24, 2.45) is 0 Å². The molecule has 0 aliphatic rings.